The number of carbonyl (C=O) groups excluding carboxylic acids is 1. The lowest BCUT2D eigenvalue weighted by molar-refractivity contribution is 0.0915. The molecule has 0 saturated heterocycles. The minimum atomic E-state index is 0.141. The van der Waals surface area contributed by atoms with Crippen molar-refractivity contribution in [1.82, 2.24) is 4.90 Å². The first kappa shape index (κ1) is 13.1. The summed E-state index contributed by atoms with van der Waals surface area (Å²) in [7, 11) is 0. The third-order valence-corrected chi connectivity index (χ3v) is 3.20. The molecule has 1 fully saturated rings. The van der Waals surface area contributed by atoms with Crippen LogP contribution in [0.25, 0.3) is 0 Å². The monoisotopic (exact) mass is 247 g/mol. The second-order valence-corrected chi connectivity index (χ2v) is 5.52. The van der Waals surface area contributed by atoms with Crippen molar-refractivity contribution in [3.05, 3.63) is 29.8 Å². The maximum absolute atomic E-state index is 12.2. The number of ketones is 1. The molecule has 0 heterocycles. The molecule has 1 aliphatic carbocycles. The smallest absolute Gasteiger partial charge is 0.176 e. The van der Waals surface area contributed by atoms with Crippen LogP contribution in [-0.4, -0.2) is 34.9 Å². The Morgan fingerprint density at radius 3 is 2.44 bits per heavy atom. The normalized spacial score (nSPS) is 15.3. The number of hydrogen-bond acceptors (Lipinski definition) is 3. The molecular formula is C15H21NO2. The first-order valence-electron chi connectivity index (χ1n) is 6.62. The summed E-state index contributed by atoms with van der Waals surface area (Å²) < 4.78 is 0. The number of rotatable bonds is 6. The zero-order valence-corrected chi connectivity index (χ0v) is 11.1. The fourth-order valence-electron chi connectivity index (χ4n) is 2.17. The maximum atomic E-state index is 12.2. The topological polar surface area (TPSA) is 40.5 Å². The molecule has 0 radical (unpaired) electrons. The molecule has 1 N–H and O–H groups in total. The maximum Gasteiger partial charge on any atom is 0.176 e. The summed E-state index contributed by atoms with van der Waals surface area (Å²) in [6.07, 6.45) is 2.44. The minimum absolute atomic E-state index is 0.141. The van der Waals surface area contributed by atoms with Crippen LogP contribution in [-0.2, 0) is 0 Å². The van der Waals surface area contributed by atoms with E-state index in [9.17, 15) is 9.90 Å². The molecule has 18 heavy (non-hydrogen) atoms. The number of hydrogen-bond donors (Lipinski definition) is 1. The first-order chi connectivity index (χ1) is 8.56. The number of Topliss-reactive ketones (excluding diaryl/α,β-unsaturated/α-hetero) is 1. The van der Waals surface area contributed by atoms with E-state index in [1.807, 2.05) is 0 Å². The number of benzene rings is 1. The molecule has 0 aromatic heterocycles. The van der Waals surface area contributed by atoms with Crippen molar-refractivity contribution in [1.29, 1.82) is 0 Å². The lowest BCUT2D eigenvalue weighted by atomic mass is 10.1. The molecule has 1 aliphatic rings. The average molecular weight is 247 g/mol. The van der Waals surface area contributed by atoms with Crippen molar-refractivity contribution < 1.29 is 9.90 Å². The highest BCUT2D eigenvalue weighted by atomic mass is 16.3. The third-order valence-electron chi connectivity index (χ3n) is 3.20. The van der Waals surface area contributed by atoms with Crippen LogP contribution in [0.2, 0.25) is 0 Å². The Morgan fingerprint density at radius 2 is 1.94 bits per heavy atom. The molecule has 0 atom stereocenters. The van der Waals surface area contributed by atoms with Gasteiger partial charge in [-0.2, -0.15) is 0 Å². The van der Waals surface area contributed by atoms with Crippen LogP contribution in [0.4, 0.5) is 0 Å². The number of phenols is 1. The van der Waals surface area contributed by atoms with Gasteiger partial charge in [0.05, 0.1) is 6.54 Å². The SMILES string of the molecule is CC(C)CN(CC(=O)c1ccc(O)cc1)C1CC1. The second kappa shape index (κ2) is 5.53. The van der Waals surface area contributed by atoms with E-state index < -0.39 is 0 Å². The number of carbonyl (C=O) groups is 1. The Labute approximate surface area is 108 Å². The molecule has 3 heteroatoms. The van der Waals surface area contributed by atoms with Crippen molar-refractivity contribution in [2.24, 2.45) is 5.92 Å². The lowest BCUT2D eigenvalue weighted by Gasteiger charge is -2.23. The number of phenolic OH excluding ortho intramolecular Hbond substituents is 1. The summed E-state index contributed by atoms with van der Waals surface area (Å²) in [5.41, 5.74) is 0.683. The quantitative estimate of drug-likeness (QED) is 0.786. The summed E-state index contributed by atoms with van der Waals surface area (Å²) in [6, 6.07) is 7.12. The lowest BCUT2D eigenvalue weighted by Crippen LogP contribution is -2.34. The molecule has 3 nitrogen and oxygen atoms in total. The van der Waals surface area contributed by atoms with Gasteiger partial charge in [-0.3, -0.25) is 9.69 Å². The average Bonchev–Trinajstić information content (AvgIpc) is 3.12. The standard InChI is InChI=1S/C15H21NO2/c1-11(2)9-16(13-5-6-13)10-15(18)12-3-7-14(17)8-4-12/h3-4,7-8,11,13,17H,5-6,9-10H2,1-2H3. The molecule has 0 unspecified atom stereocenters. The van der Waals surface area contributed by atoms with Gasteiger partial charge < -0.3 is 5.11 Å². The van der Waals surface area contributed by atoms with Crippen LogP contribution in [0.1, 0.15) is 37.0 Å². The number of aromatic hydroxyl groups is 1. The summed E-state index contributed by atoms with van der Waals surface area (Å²) in [4.78, 5) is 14.4. The van der Waals surface area contributed by atoms with E-state index in [2.05, 4.69) is 18.7 Å². The van der Waals surface area contributed by atoms with Crippen molar-refractivity contribution in [3.63, 3.8) is 0 Å². The molecule has 0 spiro atoms. The van der Waals surface area contributed by atoms with Gasteiger partial charge in [0.15, 0.2) is 5.78 Å². The van der Waals surface area contributed by atoms with Crippen LogP contribution in [0.15, 0.2) is 24.3 Å². The van der Waals surface area contributed by atoms with Gasteiger partial charge in [-0.25, -0.2) is 0 Å². The molecule has 0 aliphatic heterocycles. The van der Waals surface area contributed by atoms with E-state index in [1.165, 1.54) is 12.8 Å². The van der Waals surface area contributed by atoms with E-state index in [4.69, 9.17) is 0 Å². The molecular weight excluding hydrogens is 226 g/mol. The highest BCUT2D eigenvalue weighted by molar-refractivity contribution is 5.97. The summed E-state index contributed by atoms with van der Waals surface area (Å²) in [6.45, 7) is 5.84. The van der Waals surface area contributed by atoms with Gasteiger partial charge in [-0.05, 0) is 43.0 Å². The van der Waals surface area contributed by atoms with Gasteiger partial charge in [0.1, 0.15) is 5.75 Å². The molecule has 98 valence electrons. The zero-order chi connectivity index (χ0) is 13.1. The second-order valence-electron chi connectivity index (χ2n) is 5.52. The Kier molecular flexibility index (Phi) is 4.02. The van der Waals surface area contributed by atoms with Crippen LogP contribution in [0.5, 0.6) is 5.75 Å². The Balaban J connectivity index is 1.98. The van der Waals surface area contributed by atoms with Crippen molar-refractivity contribution in [2.45, 2.75) is 32.7 Å². The van der Waals surface area contributed by atoms with Crippen LogP contribution < -0.4 is 0 Å². The molecule has 1 aromatic rings. The van der Waals surface area contributed by atoms with Gasteiger partial charge >= 0.3 is 0 Å². The fraction of sp³-hybridized carbons (Fsp3) is 0.533. The predicted octanol–water partition coefficient (Wildman–Crippen LogP) is 2.70. The van der Waals surface area contributed by atoms with Crippen LogP contribution in [0.3, 0.4) is 0 Å². The Hall–Kier alpha value is -1.35. The zero-order valence-electron chi connectivity index (χ0n) is 11.1. The highest BCUT2D eigenvalue weighted by Gasteiger charge is 2.30. The van der Waals surface area contributed by atoms with E-state index in [0.29, 0.717) is 24.1 Å². The fourth-order valence-corrected chi connectivity index (χ4v) is 2.17. The van der Waals surface area contributed by atoms with Crippen LogP contribution in [0, 0.1) is 5.92 Å². The number of nitrogens with zero attached hydrogens (tertiary/aromatic N) is 1. The first-order valence-corrected chi connectivity index (χ1v) is 6.62. The van der Waals surface area contributed by atoms with E-state index in [0.717, 1.165) is 6.54 Å². The minimum Gasteiger partial charge on any atom is -0.508 e. The Morgan fingerprint density at radius 1 is 1.33 bits per heavy atom. The molecule has 1 saturated carbocycles. The van der Waals surface area contributed by atoms with Crippen molar-refractivity contribution >= 4 is 5.78 Å². The summed E-state index contributed by atoms with van der Waals surface area (Å²) >= 11 is 0. The van der Waals surface area contributed by atoms with Crippen LogP contribution >= 0.6 is 0 Å². The van der Waals surface area contributed by atoms with Gasteiger partial charge in [0, 0.05) is 18.2 Å². The van der Waals surface area contributed by atoms with Crippen molar-refractivity contribution in [3.8, 4) is 5.75 Å². The summed E-state index contributed by atoms with van der Waals surface area (Å²) in [5.74, 6) is 0.925. The Bertz CT molecular complexity index is 407. The third kappa shape index (κ3) is 3.57. The molecule has 2 rings (SSSR count). The molecule has 0 bridgehead atoms. The predicted molar refractivity (Wildman–Crippen MR) is 71.9 cm³/mol. The van der Waals surface area contributed by atoms with Gasteiger partial charge in [-0.15, -0.1) is 0 Å². The summed E-state index contributed by atoms with van der Waals surface area (Å²) in [5, 5.41) is 9.22. The van der Waals surface area contributed by atoms with Gasteiger partial charge in [0.25, 0.3) is 0 Å². The van der Waals surface area contributed by atoms with Gasteiger partial charge in [0.2, 0.25) is 0 Å². The van der Waals surface area contributed by atoms with E-state index in [-0.39, 0.29) is 11.5 Å². The van der Waals surface area contributed by atoms with Crippen molar-refractivity contribution in [2.75, 3.05) is 13.1 Å². The molecule has 1 aromatic carbocycles. The molecule has 0 amide bonds. The van der Waals surface area contributed by atoms with Gasteiger partial charge in [-0.1, -0.05) is 13.8 Å². The largest absolute Gasteiger partial charge is 0.508 e. The van der Waals surface area contributed by atoms with E-state index >= 15 is 0 Å². The highest BCUT2D eigenvalue weighted by Crippen LogP contribution is 2.27. The van der Waals surface area contributed by atoms with E-state index in [1.54, 1.807) is 24.3 Å².